The molecule has 0 saturated heterocycles. The van der Waals surface area contributed by atoms with Gasteiger partial charge in [-0.1, -0.05) is 122 Å². The van der Waals surface area contributed by atoms with E-state index in [1.807, 2.05) is 6.07 Å². The fourth-order valence-corrected chi connectivity index (χ4v) is 6.85. The molecule has 1 nitrogen and oxygen atoms in total. The molecule has 2 aromatic carbocycles. The summed E-state index contributed by atoms with van der Waals surface area (Å²) in [7, 11) is 0. The van der Waals surface area contributed by atoms with Crippen LogP contribution in [-0.2, 0) is 12.5 Å². The number of hydrogen-bond donors (Lipinski definition) is 0. The third-order valence-electron chi connectivity index (χ3n) is 9.39. The van der Waals surface area contributed by atoms with Crippen molar-refractivity contribution >= 4 is 0 Å². The van der Waals surface area contributed by atoms with Crippen LogP contribution in [0.5, 0.6) is 5.75 Å². The number of aryl methyl sites for hydroxylation is 1. The number of hydrogen-bond acceptors (Lipinski definition) is 1. The average molecular weight is 557 g/mol. The highest BCUT2D eigenvalue weighted by Crippen LogP contribution is 2.50. The molecule has 1 saturated carbocycles. The second-order valence-electron chi connectivity index (χ2n) is 12.5. The minimum absolute atomic E-state index is 0.120. The van der Waals surface area contributed by atoms with E-state index in [1.165, 1.54) is 77.0 Å². The molecule has 1 aliphatic heterocycles. The lowest BCUT2D eigenvalue weighted by Gasteiger charge is -2.32. The molecule has 4 heteroatoms. The first-order valence-corrected chi connectivity index (χ1v) is 16.5. The second kappa shape index (κ2) is 15.3. The molecule has 222 valence electrons. The normalized spacial score (nSPS) is 19.6. The predicted molar refractivity (Wildman–Crippen MR) is 161 cm³/mol. The van der Waals surface area contributed by atoms with Gasteiger partial charge in [0.15, 0.2) is 11.6 Å². The number of benzene rings is 2. The van der Waals surface area contributed by atoms with Crippen LogP contribution in [-0.4, -0.2) is 0 Å². The van der Waals surface area contributed by atoms with Crippen LogP contribution in [0.25, 0.3) is 11.1 Å². The van der Waals surface area contributed by atoms with Crippen LogP contribution in [0, 0.1) is 11.7 Å². The van der Waals surface area contributed by atoms with Gasteiger partial charge in [0.2, 0.25) is 0 Å². The Balaban J connectivity index is 1.33. The monoisotopic (exact) mass is 556 g/mol. The molecule has 0 atom stereocenters. The van der Waals surface area contributed by atoms with Gasteiger partial charge >= 0.3 is 6.11 Å². The van der Waals surface area contributed by atoms with Gasteiger partial charge in [0, 0.05) is 5.56 Å². The zero-order chi connectivity index (χ0) is 28.4. The molecule has 2 aliphatic rings. The van der Waals surface area contributed by atoms with E-state index in [4.69, 9.17) is 4.74 Å². The Morgan fingerprint density at radius 3 is 2.00 bits per heavy atom. The topological polar surface area (TPSA) is 9.23 Å². The molecule has 1 fully saturated rings. The minimum atomic E-state index is -3.54. The Labute approximate surface area is 241 Å². The maximum Gasteiger partial charge on any atom is 0.427 e. The number of fused-ring (bicyclic) bond motifs is 3. The predicted octanol–water partition coefficient (Wildman–Crippen LogP) is 12.3. The van der Waals surface area contributed by atoms with Crippen LogP contribution >= 0.6 is 0 Å². The van der Waals surface area contributed by atoms with Crippen molar-refractivity contribution in [2.45, 2.75) is 148 Å². The van der Waals surface area contributed by atoms with Gasteiger partial charge in [0.25, 0.3) is 0 Å². The van der Waals surface area contributed by atoms with Gasteiger partial charge in [0.1, 0.15) is 0 Å². The van der Waals surface area contributed by atoms with Crippen molar-refractivity contribution in [2.75, 3.05) is 0 Å². The van der Waals surface area contributed by atoms with E-state index >= 15 is 13.2 Å². The number of halogens is 3. The van der Waals surface area contributed by atoms with Crippen LogP contribution < -0.4 is 4.74 Å². The summed E-state index contributed by atoms with van der Waals surface area (Å²) in [6.45, 7) is 4.42. The van der Waals surface area contributed by atoms with Crippen LogP contribution in [0.2, 0.25) is 0 Å². The van der Waals surface area contributed by atoms with E-state index in [2.05, 4.69) is 13.8 Å². The summed E-state index contributed by atoms with van der Waals surface area (Å²) in [6, 6.07) is 8.93. The molecule has 1 heterocycles. The zero-order valence-electron chi connectivity index (χ0n) is 25.0. The van der Waals surface area contributed by atoms with E-state index in [-0.39, 0.29) is 11.3 Å². The summed E-state index contributed by atoms with van der Waals surface area (Å²) in [5, 5.41) is 0. The van der Waals surface area contributed by atoms with Gasteiger partial charge in [-0.05, 0) is 73.1 Å². The Hall–Kier alpha value is -1.97. The summed E-state index contributed by atoms with van der Waals surface area (Å²) in [6.07, 6.45) is 18.9. The van der Waals surface area contributed by atoms with Crippen molar-refractivity contribution in [3.63, 3.8) is 0 Å². The lowest BCUT2D eigenvalue weighted by Crippen LogP contribution is -2.28. The molecule has 0 amide bonds. The number of alkyl halides is 2. The van der Waals surface area contributed by atoms with Crippen molar-refractivity contribution in [1.29, 1.82) is 0 Å². The highest BCUT2D eigenvalue weighted by molar-refractivity contribution is 5.77. The number of ether oxygens (including phenoxy) is 1. The minimum Gasteiger partial charge on any atom is -0.425 e. The Morgan fingerprint density at radius 2 is 1.32 bits per heavy atom. The summed E-state index contributed by atoms with van der Waals surface area (Å²) < 4.78 is 51.0. The van der Waals surface area contributed by atoms with Crippen molar-refractivity contribution in [1.82, 2.24) is 0 Å². The number of rotatable bonds is 16. The fourth-order valence-electron chi connectivity index (χ4n) is 6.85. The van der Waals surface area contributed by atoms with Gasteiger partial charge in [-0.25, -0.2) is 4.39 Å². The highest BCUT2D eigenvalue weighted by atomic mass is 19.3. The molecule has 2 aromatic rings. The third-order valence-corrected chi connectivity index (χ3v) is 9.39. The Morgan fingerprint density at radius 1 is 0.725 bits per heavy atom. The van der Waals surface area contributed by atoms with Gasteiger partial charge in [-0.3, -0.25) is 0 Å². The second-order valence-corrected chi connectivity index (χ2v) is 12.5. The Kier molecular flexibility index (Phi) is 11.9. The van der Waals surface area contributed by atoms with Crippen LogP contribution in [0.1, 0.15) is 152 Å². The molecule has 1 aliphatic carbocycles. The highest BCUT2D eigenvalue weighted by Gasteiger charge is 2.44. The van der Waals surface area contributed by atoms with E-state index in [0.717, 1.165) is 50.0 Å². The van der Waals surface area contributed by atoms with Gasteiger partial charge in [0.05, 0.1) is 5.56 Å². The largest absolute Gasteiger partial charge is 0.427 e. The van der Waals surface area contributed by atoms with E-state index in [1.54, 1.807) is 24.3 Å². The number of unbranched alkanes of at least 4 members (excludes halogenated alkanes) is 11. The van der Waals surface area contributed by atoms with E-state index < -0.39 is 11.9 Å². The molecule has 0 bridgehead atoms. The molecule has 0 aromatic heterocycles. The summed E-state index contributed by atoms with van der Waals surface area (Å²) in [5.41, 5.74) is 2.15. The van der Waals surface area contributed by atoms with Crippen molar-refractivity contribution in [2.24, 2.45) is 5.92 Å². The fraction of sp³-hybridized carbons (Fsp3) is 0.667. The van der Waals surface area contributed by atoms with E-state index in [9.17, 15) is 0 Å². The van der Waals surface area contributed by atoms with Gasteiger partial charge in [-0.2, -0.15) is 8.78 Å². The summed E-state index contributed by atoms with van der Waals surface area (Å²) >= 11 is 0. The lowest BCUT2D eigenvalue weighted by molar-refractivity contribution is -0.188. The molecule has 0 N–H and O–H groups in total. The first kappa shape index (κ1) is 31.0. The maximum absolute atomic E-state index is 15.3. The van der Waals surface area contributed by atoms with Crippen molar-refractivity contribution in [3.05, 3.63) is 52.8 Å². The molecule has 4 rings (SSSR count). The third kappa shape index (κ3) is 8.07. The molecule has 0 unspecified atom stereocenters. The van der Waals surface area contributed by atoms with Crippen LogP contribution in [0.3, 0.4) is 0 Å². The van der Waals surface area contributed by atoms with Crippen LogP contribution in [0.15, 0.2) is 30.3 Å². The lowest BCUT2D eigenvalue weighted by atomic mass is 9.76. The average Bonchev–Trinajstić information content (AvgIpc) is 2.96. The first-order valence-electron chi connectivity index (χ1n) is 16.5. The maximum atomic E-state index is 15.3. The summed E-state index contributed by atoms with van der Waals surface area (Å²) in [4.78, 5) is 0. The standard InChI is InChI=1S/C36H51F3O/c1-3-5-7-9-10-11-13-14-16-27-18-20-28(21-19-27)30-23-24-31-32-25-22-29(17-15-12-8-6-4-2)34(37)35(32)40-36(38,39)33(31)26-30/h22-28H,3-21H2,1-2H3. The molecule has 40 heavy (non-hydrogen) atoms. The summed E-state index contributed by atoms with van der Waals surface area (Å²) in [5.74, 6) is 0.161. The van der Waals surface area contributed by atoms with Crippen molar-refractivity contribution in [3.8, 4) is 16.9 Å². The van der Waals surface area contributed by atoms with E-state index in [0.29, 0.717) is 29.0 Å². The molecular formula is C36H51F3O. The Bertz CT molecular complexity index is 1050. The smallest absolute Gasteiger partial charge is 0.425 e. The zero-order valence-corrected chi connectivity index (χ0v) is 25.0. The first-order chi connectivity index (χ1) is 19.4. The van der Waals surface area contributed by atoms with Crippen LogP contribution in [0.4, 0.5) is 13.2 Å². The quantitative estimate of drug-likeness (QED) is 0.187. The van der Waals surface area contributed by atoms with Gasteiger partial charge < -0.3 is 4.74 Å². The molecule has 0 radical (unpaired) electrons. The van der Waals surface area contributed by atoms with Crippen molar-refractivity contribution < 1.29 is 17.9 Å². The molecule has 0 spiro atoms. The molecular weight excluding hydrogens is 505 g/mol. The van der Waals surface area contributed by atoms with Gasteiger partial charge in [-0.15, -0.1) is 0 Å². The SMILES string of the molecule is CCCCCCCCCCC1CCC(c2ccc3c(c2)C(F)(F)Oc2c-3ccc(CCCCCCC)c2F)CC1.